The van der Waals surface area contributed by atoms with Crippen molar-refractivity contribution in [3.63, 3.8) is 0 Å². The van der Waals surface area contributed by atoms with Crippen LogP contribution in [0.15, 0.2) is 11.7 Å². The van der Waals surface area contributed by atoms with E-state index >= 15 is 0 Å². The van der Waals surface area contributed by atoms with Crippen molar-refractivity contribution in [2.24, 2.45) is 5.73 Å². The molecular formula is C8H12N2O2S. The van der Waals surface area contributed by atoms with Gasteiger partial charge in [0.25, 0.3) is 0 Å². The predicted octanol–water partition coefficient (Wildman–Crippen LogP) is 1.10. The van der Waals surface area contributed by atoms with Crippen LogP contribution in [0.4, 0.5) is 0 Å². The van der Waals surface area contributed by atoms with Crippen LogP contribution in [0.3, 0.4) is 0 Å². The number of methoxy groups -OCH3 is 1. The van der Waals surface area contributed by atoms with Crippen molar-refractivity contribution >= 4 is 17.3 Å². The van der Waals surface area contributed by atoms with Gasteiger partial charge >= 0.3 is 5.97 Å². The van der Waals surface area contributed by atoms with Crippen LogP contribution in [-0.2, 0) is 9.53 Å². The number of hydrogen-bond donors (Lipinski definition) is 1. The highest BCUT2D eigenvalue weighted by Gasteiger charge is 2.10. The lowest BCUT2D eigenvalue weighted by Crippen LogP contribution is -2.11. The summed E-state index contributed by atoms with van der Waals surface area (Å²) in [6.07, 6.45) is 2.69. The standard InChI is InChI=1S/C8H12N2O2S/c1-12-8(11)3-2-6(9)7-4-10-5-13-7/h4-6H,2-3,9H2,1H3. The number of hydrogen-bond acceptors (Lipinski definition) is 5. The Balaban J connectivity index is 2.34. The lowest BCUT2D eigenvalue weighted by Gasteiger charge is -2.06. The largest absolute Gasteiger partial charge is 0.469 e. The van der Waals surface area contributed by atoms with Crippen molar-refractivity contribution in [2.75, 3.05) is 7.11 Å². The van der Waals surface area contributed by atoms with Gasteiger partial charge in [0.05, 0.1) is 12.6 Å². The molecule has 1 heterocycles. The summed E-state index contributed by atoms with van der Waals surface area (Å²) in [5.74, 6) is -0.222. The van der Waals surface area contributed by atoms with Crippen LogP contribution in [0, 0.1) is 0 Å². The Kier molecular flexibility index (Phi) is 3.85. The molecule has 0 bridgehead atoms. The third-order valence-electron chi connectivity index (χ3n) is 1.70. The molecule has 4 nitrogen and oxygen atoms in total. The van der Waals surface area contributed by atoms with E-state index in [-0.39, 0.29) is 12.0 Å². The maximum atomic E-state index is 10.8. The van der Waals surface area contributed by atoms with E-state index in [1.54, 1.807) is 11.7 Å². The molecule has 0 radical (unpaired) electrons. The fourth-order valence-corrected chi connectivity index (χ4v) is 1.58. The molecule has 0 aliphatic heterocycles. The summed E-state index contributed by atoms with van der Waals surface area (Å²) in [7, 11) is 1.38. The fourth-order valence-electron chi connectivity index (χ4n) is 0.926. The lowest BCUT2D eigenvalue weighted by molar-refractivity contribution is -0.140. The molecule has 0 amide bonds. The second-order valence-corrected chi connectivity index (χ2v) is 3.54. The number of nitrogens with two attached hydrogens (primary N) is 1. The van der Waals surface area contributed by atoms with Gasteiger partial charge in [-0.2, -0.15) is 0 Å². The van der Waals surface area contributed by atoms with Crippen molar-refractivity contribution in [3.8, 4) is 0 Å². The Morgan fingerprint density at radius 3 is 3.15 bits per heavy atom. The van der Waals surface area contributed by atoms with Gasteiger partial charge in [-0.25, -0.2) is 0 Å². The highest BCUT2D eigenvalue weighted by molar-refractivity contribution is 7.09. The van der Waals surface area contributed by atoms with Gasteiger partial charge in [-0.1, -0.05) is 0 Å². The number of aromatic nitrogens is 1. The SMILES string of the molecule is COC(=O)CCC(N)c1cncs1. The average molecular weight is 200 g/mol. The summed E-state index contributed by atoms with van der Waals surface area (Å²) in [6.45, 7) is 0. The Hall–Kier alpha value is -0.940. The van der Waals surface area contributed by atoms with Gasteiger partial charge in [0.15, 0.2) is 0 Å². The first-order valence-corrected chi connectivity index (χ1v) is 4.82. The summed E-state index contributed by atoms with van der Waals surface area (Å²) >= 11 is 1.50. The Morgan fingerprint density at radius 2 is 2.62 bits per heavy atom. The maximum Gasteiger partial charge on any atom is 0.305 e. The van der Waals surface area contributed by atoms with Gasteiger partial charge in [0, 0.05) is 23.5 Å². The van der Waals surface area contributed by atoms with E-state index in [1.807, 2.05) is 0 Å². The molecule has 5 heteroatoms. The quantitative estimate of drug-likeness (QED) is 0.739. The minimum atomic E-state index is -0.222. The molecule has 0 aliphatic carbocycles. The smallest absolute Gasteiger partial charge is 0.305 e. The van der Waals surface area contributed by atoms with E-state index in [9.17, 15) is 4.79 Å². The van der Waals surface area contributed by atoms with Crippen molar-refractivity contribution < 1.29 is 9.53 Å². The van der Waals surface area contributed by atoms with Crippen LogP contribution in [0.25, 0.3) is 0 Å². The molecule has 1 unspecified atom stereocenters. The van der Waals surface area contributed by atoms with Gasteiger partial charge in [-0.15, -0.1) is 11.3 Å². The second kappa shape index (κ2) is 4.94. The van der Waals surface area contributed by atoms with Crippen molar-refractivity contribution in [1.29, 1.82) is 0 Å². The number of esters is 1. The van der Waals surface area contributed by atoms with Crippen LogP contribution in [-0.4, -0.2) is 18.1 Å². The van der Waals surface area contributed by atoms with E-state index in [2.05, 4.69) is 9.72 Å². The molecule has 1 aromatic heterocycles. The topological polar surface area (TPSA) is 65.2 Å². The van der Waals surface area contributed by atoms with E-state index in [4.69, 9.17) is 5.73 Å². The highest BCUT2D eigenvalue weighted by atomic mass is 32.1. The van der Waals surface area contributed by atoms with E-state index in [1.165, 1.54) is 18.4 Å². The van der Waals surface area contributed by atoms with Crippen LogP contribution in [0.2, 0.25) is 0 Å². The number of carbonyl (C=O) groups excluding carboxylic acids is 1. The van der Waals surface area contributed by atoms with Crippen LogP contribution >= 0.6 is 11.3 Å². The molecule has 1 rings (SSSR count). The zero-order valence-electron chi connectivity index (χ0n) is 7.40. The molecule has 13 heavy (non-hydrogen) atoms. The van der Waals surface area contributed by atoms with Crippen LogP contribution in [0.1, 0.15) is 23.8 Å². The summed E-state index contributed by atoms with van der Waals surface area (Å²) in [5.41, 5.74) is 7.53. The Bertz CT molecular complexity index is 261. The zero-order chi connectivity index (χ0) is 9.68. The van der Waals surface area contributed by atoms with Gasteiger partial charge in [0.2, 0.25) is 0 Å². The minimum absolute atomic E-state index is 0.105. The molecule has 0 fully saturated rings. The molecule has 0 saturated heterocycles. The molecule has 1 atom stereocenters. The number of nitrogens with zero attached hydrogens (tertiary/aromatic N) is 1. The van der Waals surface area contributed by atoms with Crippen molar-refractivity contribution in [1.82, 2.24) is 4.98 Å². The Morgan fingerprint density at radius 1 is 1.85 bits per heavy atom. The summed E-state index contributed by atoms with van der Waals surface area (Å²) < 4.78 is 4.51. The normalized spacial score (nSPS) is 12.5. The first kappa shape index (κ1) is 10.1. The summed E-state index contributed by atoms with van der Waals surface area (Å²) in [6, 6.07) is -0.105. The highest BCUT2D eigenvalue weighted by Crippen LogP contribution is 2.19. The van der Waals surface area contributed by atoms with E-state index in [0.29, 0.717) is 12.8 Å². The van der Waals surface area contributed by atoms with Crippen molar-refractivity contribution in [3.05, 3.63) is 16.6 Å². The molecule has 1 aromatic rings. The predicted molar refractivity (Wildman–Crippen MR) is 50.3 cm³/mol. The van der Waals surface area contributed by atoms with E-state index < -0.39 is 0 Å². The second-order valence-electron chi connectivity index (χ2n) is 2.63. The molecule has 0 saturated carbocycles. The first-order valence-electron chi connectivity index (χ1n) is 3.95. The Labute approximate surface area is 80.7 Å². The average Bonchev–Trinajstić information content (AvgIpc) is 2.66. The van der Waals surface area contributed by atoms with Gasteiger partial charge in [0.1, 0.15) is 0 Å². The number of ether oxygens (including phenoxy) is 1. The molecule has 0 aliphatic rings. The third-order valence-corrected chi connectivity index (χ3v) is 2.61. The van der Waals surface area contributed by atoms with Gasteiger partial charge in [-0.05, 0) is 6.42 Å². The third kappa shape index (κ3) is 3.12. The monoisotopic (exact) mass is 200 g/mol. The minimum Gasteiger partial charge on any atom is -0.469 e. The number of thiazole rings is 1. The molecule has 2 N–H and O–H groups in total. The van der Waals surface area contributed by atoms with Crippen LogP contribution in [0.5, 0.6) is 0 Å². The summed E-state index contributed by atoms with van der Waals surface area (Å²) in [5, 5.41) is 0. The number of rotatable bonds is 4. The van der Waals surface area contributed by atoms with Crippen molar-refractivity contribution in [2.45, 2.75) is 18.9 Å². The molecule has 0 spiro atoms. The summed E-state index contributed by atoms with van der Waals surface area (Å²) in [4.78, 5) is 15.7. The lowest BCUT2D eigenvalue weighted by atomic mass is 10.1. The molecular weight excluding hydrogens is 188 g/mol. The van der Waals surface area contributed by atoms with Gasteiger partial charge in [-0.3, -0.25) is 9.78 Å². The van der Waals surface area contributed by atoms with E-state index in [0.717, 1.165) is 4.88 Å². The zero-order valence-corrected chi connectivity index (χ0v) is 8.21. The first-order chi connectivity index (χ1) is 6.24. The molecule has 0 aromatic carbocycles. The fraction of sp³-hybridized carbons (Fsp3) is 0.500. The maximum absolute atomic E-state index is 10.8. The molecule has 72 valence electrons. The van der Waals surface area contributed by atoms with Crippen LogP contribution < -0.4 is 5.73 Å². The number of carbonyl (C=O) groups is 1. The van der Waals surface area contributed by atoms with Gasteiger partial charge < -0.3 is 10.5 Å².